The van der Waals surface area contributed by atoms with Crippen molar-refractivity contribution in [2.45, 2.75) is 45.8 Å². The number of carboxylic acids is 1. The molecular weight excluding hydrogens is 1300 g/mol. The molecule has 26 heteroatoms. The number of carboxylic acid groups (broad SMARTS) is 1. The van der Waals surface area contributed by atoms with Crippen molar-refractivity contribution in [2.24, 2.45) is 15.4 Å². The van der Waals surface area contributed by atoms with Gasteiger partial charge in [0.15, 0.2) is 15.6 Å². The van der Waals surface area contributed by atoms with Crippen LogP contribution in [0.1, 0.15) is 43.0 Å². The minimum atomic E-state index is -3.82. The molecule has 0 saturated carbocycles. The Labute approximate surface area is 553 Å². The molecule has 0 aliphatic heterocycles. The van der Waals surface area contributed by atoms with Crippen LogP contribution in [-0.4, -0.2) is 90.7 Å². The number of hydrogen-bond donors (Lipinski definition) is 2. The van der Waals surface area contributed by atoms with E-state index in [1.54, 1.807) is 96.3 Å². The van der Waals surface area contributed by atoms with Gasteiger partial charge in [-0.1, -0.05) is 198 Å². The van der Waals surface area contributed by atoms with Gasteiger partial charge < -0.3 is 5.11 Å². The van der Waals surface area contributed by atoms with Gasteiger partial charge in [-0.3, -0.25) is 14.6 Å². The third-order valence-corrected chi connectivity index (χ3v) is 18.2. The van der Waals surface area contributed by atoms with Crippen molar-refractivity contribution in [3.63, 3.8) is 0 Å². The number of carbonyl (C=O) groups excluding carboxylic acids is 1. The molecule has 0 unspecified atom stereocenters. The second-order valence-electron chi connectivity index (χ2n) is 20.0. The summed E-state index contributed by atoms with van der Waals surface area (Å²) >= 11 is 2.07. The molecule has 10 aromatic rings. The largest absolute Gasteiger partial charge is 0.478 e. The summed E-state index contributed by atoms with van der Waals surface area (Å²) in [5.41, 5.74) is 23.3. The molecule has 0 spiro atoms. The first kappa shape index (κ1) is 72.7. The number of rotatable bonds is 24. The molecule has 0 atom stereocenters. The lowest BCUT2D eigenvalue weighted by Gasteiger charge is -2.23. The fourth-order valence-corrected chi connectivity index (χ4v) is 12.9. The molecule has 0 aliphatic rings. The first-order chi connectivity index (χ1) is 45.0. The Morgan fingerprint density at radius 1 is 0.441 bits per heavy atom. The van der Waals surface area contributed by atoms with E-state index >= 15 is 0 Å². The summed E-state index contributed by atoms with van der Waals surface area (Å²) < 4.78 is 82.6. The first-order valence-corrected chi connectivity index (χ1v) is 34.5. The van der Waals surface area contributed by atoms with Crippen LogP contribution in [0.2, 0.25) is 0 Å². The van der Waals surface area contributed by atoms with E-state index in [0.29, 0.717) is 48.7 Å². The van der Waals surface area contributed by atoms with Crippen LogP contribution in [0.3, 0.4) is 0 Å². The summed E-state index contributed by atoms with van der Waals surface area (Å²) in [6.07, 6.45) is 0. The summed E-state index contributed by atoms with van der Waals surface area (Å²) in [6.45, 7) is 4.31. The summed E-state index contributed by atoms with van der Waals surface area (Å²) in [5.74, 6) is -0.0967. The van der Waals surface area contributed by atoms with Crippen molar-refractivity contribution in [3.05, 3.63) is 297 Å². The third kappa shape index (κ3) is 24.6. The fourth-order valence-electron chi connectivity index (χ4n) is 9.32. The van der Waals surface area contributed by atoms with E-state index in [2.05, 4.69) is 54.1 Å². The van der Waals surface area contributed by atoms with Crippen LogP contribution in [0.25, 0.3) is 42.4 Å². The van der Waals surface area contributed by atoms with Crippen molar-refractivity contribution in [1.82, 2.24) is 9.80 Å². The predicted octanol–water partition coefficient (Wildman–Crippen LogP) is 14.5. The number of sulfone groups is 1. The molecule has 0 aromatic heterocycles. The molecule has 0 heterocycles. The van der Waals surface area contributed by atoms with E-state index in [9.17, 15) is 26.4 Å². The van der Waals surface area contributed by atoms with E-state index in [0.717, 1.165) is 68.4 Å². The second kappa shape index (κ2) is 38.5. The molecule has 10 rings (SSSR count). The Kier molecular flexibility index (Phi) is 30.0. The number of azide groups is 2. The van der Waals surface area contributed by atoms with Crippen LogP contribution in [-0.2, 0) is 69.2 Å². The van der Waals surface area contributed by atoms with Gasteiger partial charge in [-0.15, -0.1) is 23.5 Å². The zero-order chi connectivity index (χ0) is 66.9. The number of sulfonamides is 1. The monoisotopic (exact) mass is 1360 g/mol. The number of aromatic carboxylic acids is 1. The van der Waals surface area contributed by atoms with Gasteiger partial charge in [-0.05, 0) is 109 Å². The van der Waals surface area contributed by atoms with Crippen LogP contribution in [0.5, 0.6) is 0 Å². The minimum Gasteiger partial charge on any atom is -0.478 e. The highest BCUT2D eigenvalue weighted by atomic mass is 32.2. The second-order valence-corrected chi connectivity index (χ2v) is 26.1. The van der Waals surface area contributed by atoms with Gasteiger partial charge >= 0.3 is 29.1 Å². The van der Waals surface area contributed by atoms with Crippen molar-refractivity contribution in [2.75, 3.05) is 30.3 Å². The van der Waals surface area contributed by atoms with Gasteiger partial charge in [0.05, 0.1) is 15.4 Å². The average molecular weight is 1360 g/mol. The third-order valence-electron chi connectivity index (χ3n) is 13.6. The molecule has 0 amide bonds. The van der Waals surface area contributed by atoms with Gasteiger partial charge in [0, 0.05) is 87.3 Å². The zero-order valence-corrected chi connectivity index (χ0v) is 54.5. The molecule has 0 fully saturated rings. The lowest BCUT2D eigenvalue weighted by molar-refractivity contribution is 0.0698. The Hall–Kier alpha value is -9.40. The molecule has 0 radical (unpaired) electrons. The zero-order valence-electron chi connectivity index (χ0n) is 49.6. The summed E-state index contributed by atoms with van der Waals surface area (Å²) in [5, 5.41) is 24.7. The molecule has 0 saturated heterocycles. The summed E-state index contributed by atoms with van der Waals surface area (Å²) in [6, 6.07) is 74.5. The maximum absolute atomic E-state index is 13.2. The number of ketones is 1. The highest BCUT2D eigenvalue weighted by Gasteiger charge is 2.22. The van der Waals surface area contributed by atoms with Crippen LogP contribution < -0.4 is 5.14 Å². The number of primary sulfonamides is 1. The molecule has 0 bridgehead atoms. The van der Waals surface area contributed by atoms with Crippen LogP contribution in [0.15, 0.2) is 272 Å². The number of thioether (sulfide) groups is 2. The smallest absolute Gasteiger partial charge is 0.336 e. The van der Waals surface area contributed by atoms with Gasteiger partial charge in [-0.25, -0.2) is 26.8 Å². The van der Waals surface area contributed by atoms with Crippen LogP contribution in [0.4, 0.5) is 11.4 Å². The molecule has 10 aromatic carbocycles. The Bertz CT molecular complexity index is 4460. The van der Waals surface area contributed by atoms with Crippen LogP contribution in [0, 0.1) is 0 Å². The highest BCUT2D eigenvalue weighted by Crippen LogP contribution is 2.26. The molecular formula is C67H61N9O11S6. The first-order valence-electron chi connectivity index (χ1n) is 28.0. The number of nitrogens with zero attached hydrogens (tertiary/aromatic N) is 8. The number of fused-ring (bicyclic) bond motifs is 2. The van der Waals surface area contributed by atoms with Gasteiger partial charge in [0.2, 0.25) is 10.0 Å². The predicted molar refractivity (Wildman–Crippen MR) is 366 cm³/mol. The number of benzene rings is 10. The van der Waals surface area contributed by atoms with Crippen molar-refractivity contribution < 1.29 is 48.4 Å². The molecule has 476 valence electrons. The maximum Gasteiger partial charge on any atom is 0.336 e. The minimum absolute atomic E-state index is 0.107. The molecule has 93 heavy (non-hydrogen) atoms. The number of hydrogen-bond acceptors (Lipinski definition) is 16. The maximum atomic E-state index is 13.2. The Balaban J connectivity index is 0.000000237. The van der Waals surface area contributed by atoms with Crippen molar-refractivity contribution in [1.29, 1.82) is 0 Å². The van der Waals surface area contributed by atoms with Gasteiger partial charge in [-0.2, -0.15) is 16.8 Å². The highest BCUT2D eigenvalue weighted by molar-refractivity contribution is 7.99. The lowest BCUT2D eigenvalue weighted by Crippen LogP contribution is -2.25. The molecule has 0 aliphatic carbocycles. The topological polar surface area (TPSA) is 321 Å². The standard InChI is InChI=1S/C34H30N4O3S2.C22H23N5O2S2.C11H8O2.2O2S/c35-37-36-29-17-13-26(14-18-29)23-38(21-22-42-30-9-2-1-3-10-30)24-27-15-19-31(20-16-27)43(40,41)25-34(39)33-12-6-8-28-7-4-5-11-32(28)33;23-26-25-20-10-6-18(7-11-20)16-27(14-15-30-21-4-2-1-3-5-21)17-19-8-12-22(13-9-19)31(24,28)29;12-11(13)10-7-3-5-8-4-1-2-6-9(8)10;2*1-3-2/h1-20H,21-25H2;1-13H,14-17H2,(H2,24,28,29);1-7H,(H,12,13);;. The SMILES string of the molecule is O=C(O)c1cccc2ccccc12.O=S=O.O=S=O.[N-]=[N+]=Nc1ccc(CN(CCSc2ccccc2)Cc2ccc(S(=O)(=O)CC(=O)c3cccc4ccccc34)cc2)cc1.[N-]=[N+]=Nc1ccc(CN(CCSc2ccccc2)Cc2ccc(S(N)(=O)=O)cc2)cc1. The van der Waals surface area contributed by atoms with Gasteiger partial charge in [0.1, 0.15) is 5.75 Å². The molecule has 20 nitrogen and oxygen atoms in total. The Morgan fingerprint density at radius 3 is 1.15 bits per heavy atom. The van der Waals surface area contributed by atoms with Crippen molar-refractivity contribution >= 4 is 111 Å². The van der Waals surface area contributed by atoms with E-state index in [1.807, 2.05) is 133 Å². The Morgan fingerprint density at radius 2 is 0.774 bits per heavy atom. The lowest BCUT2D eigenvalue weighted by atomic mass is 10.0. The fraction of sp³-hybridized carbons (Fsp3) is 0.134. The summed E-state index contributed by atoms with van der Waals surface area (Å²) in [7, 11) is -7.53. The number of carbonyl (C=O) groups is 2. The van der Waals surface area contributed by atoms with Gasteiger partial charge in [0.25, 0.3) is 0 Å². The quantitative estimate of drug-likeness (QED) is 0.0187. The van der Waals surface area contributed by atoms with Crippen LogP contribution >= 0.6 is 23.5 Å². The normalized spacial score (nSPS) is 10.7. The summed E-state index contributed by atoms with van der Waals surface area (Å²) in [4.78, 5) is 36.8. The van der Waals surface area contributed by atoms with E-state index in [4.69, 9.17) is 38.1 Å². The van der Waals surface area contributed by atoms with E-state index in [1.165, 1.54) is 21.9 Å². The number of nitrogens with two attached hydrogens (primary N) is 1. The van der Waals surface area contributed by atoms with E-state index in [-0.39, 0.29) is 9.79 Å². The average Bonchev–Trinajstić information content (AvgIpc) is 0.892. The molecule has 3 N–H and O–H groups in total. The number of Topliss-reactive ketones (excluding diaryl/α,β-unsaturated/α-hetero) is 1. The van der Waals surface area contributed by atoms with Crippen molar-refractivity contribution in [3.8, 4) is 0 Å². The van der Waals surface area contributed by atoms with E-state index < -0.39 is 60.5 Å².